The van der Waals surface area contributed by atoms with E-state index in [1.54, 1.807) is 9.80 Å². The van der Waals surface area contributed by atoms with Crippen molar-refractivity contribution in [1.29, 1.82) is 0 Å². The molecule has 2 aliphatic heterocycles. The van der Waals surface area contributed by atoms with Crippen LogP contribution in [0, 0.1) is 0 Å². The normalized spacial score (nSPS) is 25.4. The Labute approximate surface area is 120 Å². The molecule has 0 aromatic carbocycles. The van der Waals surface area contributed by atoms with Gasteiger partial charge in [0.2, 0.25) is 10.0 Å². The van der Waals surface area contributed by atoms with Crippen molar-refractivity contribution in [2.75, 3.05) is 45.6 Å². The van der Waals surface area contributed by atoms with Gasteiger partial charge < -0.3 is 14.5 Å². The lowest BCUT2D eigenvalue weighted by Crippen LogP contribution is -2.51. The van der Waals surface area contributed by atoms with Crippen LogP contribution >= 0.6 is 0 Å². The molecule has 2 aliphatic rings. The molecule has 0 unspecified atom stereocenters. The minimum atomic E-state index is -3.24. The van der Waals surface area contributed by atoms with Crippen LogP contribution in [0.4, 0.5) is 4.79 Å². The van der Waals surface area contributed by atoms with Gasteiger partial charge in [-0.1, -0.05) is 6.42 Å². The molecule has 2 amide bonds. The number of carbonyl (C=O) groups excluding carboxylic acids is 1. The van der Waals surface area contributed by atoms with E-state index in [1.165, 1.54) is 0 Å². The van der Waals surface area contributed by atoms with E-state index in [0.29, 0.717) is 39.4 Å². The van der Waals surface area contributed by atoms with Gasteiger partial charge in [0.15, 0.2) is 0 Å². The van der Waals surface area contributed by atoms with E-state index in [1.807, 2.05) is 0 Å². The summed E-state index contributed by atoms with van der Waals surface area (Å²) in [5, 5.41) is 0. The quantitative estimate of drug-likeness (QED) is 0.769. The van der Waals surface area contributed by atoms with Crippen molar-refractivity contribution in [3.8, 4) is 0 Å². The number of morpholine rings is 1. The summed E-state index contributed by atoms with van der Waals surface area (Å²) in [4.78, 5) is 16.0. The van der Waals surface area contributed by atoms with Gasteiger partial charge in [0.25, 0.3) is 0 Å². The molecule has 0 radical (unpaired) electrons. The Bertz CT molecular complexity index is 434. The highest BCUT2D eigenvalue weighted by molar-refractivity contribution is 7.88. The summed E-state index contributed by atoms with van der Waals surface area (Å²) in [7, 11) is -3.24. The van der Waals surface area contributed by atoms with E-state index >= 15 is 0 Å². The molecule has 2 fully saturated rings. The summed E-state index contributed by atoms with van der Waals surface area (Å²) >= 11 is 0. The molecule has 1 atom stereocenters. The van der Waals surface area contributed by atoms with Gasteiger partial charge in [0.1, 0.15) is 0 Å². The topological polar surface area (TPSA) is 79.0 Å². The number of nitrogens with zero attached hydrogens (tertiary/aromatic N) is 2. The summed E-state index contributed by atoms with van der Waals surface area (Å²) < 4.78 is 30.6. The molecular formula is C12H23N3O4S. The highest BCUT2D eigenvalue weighted by Crippen LogP contribution is 2.14. The Morgan fingerprint density at radius 1 is 1.15 bits per heavy atom. The molecule has 20 heavy (non-hydrogen) atoms. The zero-order valence-corrected chi connectivity index (χ0v) is 12.7. The van der Waals surface area contributed by atoms with Crippen molar-refractivity contribution in [2.45, 2.75) is 25.3 Å². The Morgan fingerprint density at radius 3 is 2.50 bits per heavy atom. The van der Waals surface area contributed by atoms with Crippen LogP contribution in [0.5, 0.6) is 0 Å². The molecular weight excluding hydrogens is 282 g/mol. The Morgan fingerprint density at radius 2 is 1.85 bits per heavy atom. The predicted octanol–water partition coefficient (Wildman–Crippen LogP) is -0.158. The van der Waals surface area contributed by atoms with E-state index in [0.717, 1.165) is 25.5 Å². The number of sulfonamides is 1. The van der Waals surface area contributed by atoms with Crippen molar-refractivity contribution in [2.24, 2.45) is 0 Å². The van der Waals surface area contributed by atoms with Crippen LogP contribution in [0.25, 0.3) is 0 Å². The molecule has 2 rings (SSSR count). The van der Waals surface area contributed by atoms with Crippen LogP contribution in [0.15, 0.2) is 0 Å². The maximum absolute atomic E-state index is 12.4. The molecule has 0 saturated carbocycles. The largest absolute Gasteiger partial charge is 0.378 e. The molecule has 0 aromatic rings. The first-order valence-electron chi connectivity index (χ1n) is 7.04. The Hall–Kier alpha value is -0.860. The smallest absolute Gasteiger partial charge is 0.320 e. The minimum absolute atomic E-state index is 0.00417. The van der Waals surface area contributed by atoms with Gasteiger partial charge in [0, 0.05) is 32.2 Å². The third-order valence-corrected chi connectivity index (χ3v) is 4.37. The number of urea groups is 1. The van der Waals surface area contributed by atoms with Crippen LogP contribution in [-0.4, -0.2) is 75.9 Å². The Balaban J connectivity index is 1.96. The Kier molecular flexibility index (Phi) is 5.22. The number of nitrogens with one attached hydrogen (secondary N) is 1. The van der Waals surface area contributed by atoms with Gasteiger partial charge in [-0.2, -0.15) is 0 Å². The fraction of sp³-hybridized carbons (Fsp3) is 0.917. The number of carbonyl (C=O) groups is 1. The van der Waals surface area contributed by atoms with Gasteiger partial charge in [-0.15, -0.1) is 0 Å². The molecule has 8 heteroatoms. The second-order valence-corrected chi connectivity index (χ2v) is 7.19. The average Bonchev–Trinajstić information content (AvgIpc) is 2.62. The molecule has 2 saturated heterocycles. The molecule has 0 bridgehead atoms. The molecule has 1 N–H and O–H groups in total. The lowest BCUT2D eigenvalue weighted by atomic mass is 10.2. The van der Waals surface area contributed by atoms with Crippen molar-refractivity contribution < 1.29 is 17.9 Å². The number of amides is 2. The minimum Gasteiger partial charge on any atom is -0.378 e. The van der Waals surface area contributed by atoms with Gasteiger partial charge >= 0.3 is 6.03 Å². The number of hydrogen-bond donors (Lipinski definition) is 1. The van der Waals surface area contributed by atoms with E-state index in [2.05, 4.69) is 4.72 Å². The number of rotatable bonds is 2. The monoisotopic (exact) mass is 305 g/mol. The maximum Gasteiger partial charge on any atom is 0.320 e. The SMILES string of the molecule is CS(=O)(=O)N[C@@H]1CCCCN(C(=O)N2CCOCC2)C1. The molecule has 7 nitrogen and oxygen atoms in total. The molecule has 2 heterocycles. The first-order valence-corrected chi connectivity index (χ1v) is 8.94. The van der Waals surface area contributed by atoms with Crippen LogP contribution in [-0.2, 0) is 14.8 Å². The standard InChI is InChI=1S/C12H23N3O4S/c1-20(17,18)13-11-4-2-3-5-15(10-11)12(16)14-6-8-19-9-7-14/h11,13H,2-10H2,1H3/t11-/m1/s1. The summed E-state index contributed by atoms with van der Waals surface area (Å²) in [5.41, 5.74) is 0. The van der Waals surface area contributed by atoms with E-state index in [9.17, 15) is 13.2 Å². The lowest BCUT2D eigenvalue weighted by molar-refractivity contribution is 0.0431. The van der Waals surface area contributed by atoms with Crippen LogP contribution in [0.1, 0.15) is 19.3 Å². The molecule has 0 aliphatic carbocycles. The third-order valence-electron chi connectivity index (χ3n) is 3.60. The highest BCUT2D eigenvalue weighted by Gasteiger charge is 2.27. The number of ether oxygens (including phenoxy) is 1. The second kappa shape index (κ2) is 6.73. The number of hydrogen-bond acceptors (Lipinski definition) is 4. The predicted molar refractivity (Wildman–Crippen MR) is 75.0 cm³/mol. The molecule has 116 valence electrons. The first-order chi connectivity index (χ1) is 9.46. The van der Waals surface area contributed by atoms with Gasteiger partial charge in [0.05, 0.1) is 19.5 Å². The summed E-state index contributed by atoms with van der Waals surface area (Å²) in [6, 6.07) is -0.187. The summed E-state index contributed by atoms with van der Waals surface area (Å²) in [6.07, 6.45) is 3.78. The second-order valence-electron chi connectivity index (χ2n) is 5.41. The zero-order chi connectivity index (χ0) is 14.6. The van der Waals surface area contributed by atoms with Crippen molar-refractivity contribution >= 4 is 16.1 Å². The fourth-order valence-corrected chi connectivity index (χ4v) is 3.47. The molecule has 0 spiro atoms. The van der Waals surface area contributed by atoms with Crippen molar-refractivity contribution in [3.63, 3.8) is 0 Å². The zero-order valence-electron chi connectivity index (χ0n) is 11.9. The lowest BCUT2D eigenvalue weighted by Gasteiger charge is -2.33. The molecule has 0 aromatic heterocycles. The van der Waals surface area contributed by atoms with Crippen molar-refractivity contribution in [1.82, 2.24) is 14.5 Å². The number of likely N-dealkylation sites (tertiary alicyclic amines) is 1. The highest BCUT2D eigenvalue weighted by atomic mass is 32.2. The van der Waals surface area contributed by atoms with Crippen LogP contribution < -0.4 is 4.72 Å². The summed E-state index contributed by atoms with van der Waals surface area (Å²) in [5.74, 6) is 0. The van der Waals surface area contributed by atoms with Gasteiger partial charge in [-0.05, 0) is 12.8 Å². The van der Waals surface area contributed by atoms with Crippen LogP contribution in [0.3, 0.4) is 0 Å². The first kappa shape index (κ1) is 15.5. The van der Waals surface area contributed by atoms with E-state index in [-0.39, 0.29) is 12.1 Å². The van der Waals surface area contributed by atoms with E-state index < -0.39 is 10.0 Å². The third kappa shape index (κ3) is 4.60. The van der Waals surface area contributed by atoms with Crippen molar-refractivity contribution in [3.05, 3.63) is 0 Å². The summed E-state index contributed by atoms with van der Waals surface area (Å²) in [6.45, 7) is 3.51. The van der Waals surface area contributed by atoms with Crippen LogP contribution in [0.2, 0.25) is 0 Å². The van der Waals surface area contributed by atoms with Gasteiger partial charge in [-0.25, -0.2) is 17.9 Å². The average molecular weight is 305 g/mol. The van der Waals surface area contributed by atoms with E-state index in [4.69, 9.17) is 4.74 Å². The maximum atomic E-state index is 12.4. The van der Waals surface area contributed by atoms with Gasteiger partial charge in [-0.3, -0.25) is 0 Å². The fourth-order valence-electron chi connectivity index (χ4n) is 2.67.